The number of ether oxygens (including phenoxy) is 1. The van der Waals surface area contributed by atoms with Crippen LogP contribution in [0, 0.1) is 5.82 Å². The molecule has 0 radical (unpaired) electrons. The standard InChI is InChI=1S/C16H10FN3O4S/c17-12-5-1-11(2-6-12)15-14(9-24-16(15)21)10-3-7-13(8-4-10)25(22,23)20-19-18/h1-8H,9H2. The largest absolute Gasteiger partial charge is 0.457 e. The van der Waals surface area contributed by atoms with Gasteiger partial charge in [0.2, 0.25) is 0 Å². The molecule has 0 aliphatic carbocycles. The third kappa shape index (κ3) is 3.23. The first-order valence-electron chi connectivity index (χ1n) is 7.00. The lowest BCUT2D eigenvalue weighted by molar-refractivity contribution is -0.133. The Morgan fingerprint density at radius 1 is 1.04 bits per heavy atom. The van der Waals surface area contributed by atoms with E-state index < -0.39 is 21.8 Å². The number of nitrogens with zero attached hydrogens (tertiary/aromatic N) is 3. The zero-order valence-electron chi connectivity index (χ0n) is 12.6. The van der Waals surface area contributed by atoms with Gasteiger partial charge in [0.05, 0.1) is 10.5 Å². The van der Waals surface area contributed by atoms with E-state index in [1.165, 1.54) is 48.5 Å². The molecular weight excluding hydrogens is 349 g/mol. The lowest BCUT2D eigenvalue weighted by Gasteiger charge is -2.06. The van der Waals surface area contributed by atoms with Gasteiger partial charge in [-0.3, -0.25) is 0 Å². The monoisotopic (exact) mass is 359 g/mol. The zero-order valence-corrected chi connectivity index (χ0v) is 13.4. The maximum Gasteiger partial charge on any atom is 0.339 e. The first-order valence-corrected chi connectivity index (χ1v) is 8.44. The highest BCUT2D eigenvalue weighted by Gasteiger charge is 2.27. The van der Waals surface area contributed by atoms with Crippen LogP contribution < -0.4 is 0 Å². The molecule has 2 aromatic carbocycles. The van der Waals surface area contributed by atoms with Gasteiger partial charge in [0, 0.05) is 15.0 Å². The van der Waals surface area contributed by atoms with E-state index in [0.717, 1.165) is 0 Å². The maximum atomic E-state index is 13.1. The summed E-state index contributed by atoms with van der Waals surface area (Å²) in [6, 6.07) is 10.9. The van der Waals surface area contributed by atoms with Gasteiger partial charge in [0.25, 0.3) is 10.0 Å². The molecule has 0 saturated carbocycles. The third-order valence-corrected chi connectivity index (χ3v) is 4.79. The Balaban J connectivity index is 2.06. The number of esters is 1. The second-order valence-electron chi connectivity index (χ2n) is 5.11. The minimum absolute atomic E-state index is 0.0218. The number of carbonyl (C=O) groups is 1. The van der Waals surface area contributed by atoms with Crippen molar-refractivity contribution in [2.75, 3.05) is 6.61 Å². The van der Waals surface area contributed by atoms with Gasteiger partial charge in [-0.1, -0.05) is 24.3 Å². The third-order valence-electron chi connectivity index (χ3n) is 3.63. The summed E-state index contributed by atoms with van der Waals surface area (Å²) in [4.78, 5) is 14.2. The lowest BCUT2D eigenvalue weighted by Crippen LogP contribution is -1.98. The van der Waals surface area contributed by atoms with E-state index in [2.05, 4.69) is 9.43 Å². The van der Waals surface area contributed by atoms with Crippen LogP contribution in [0.15, 0.2) is 57.9 Å². The highest BCUT2D eigenvalue weighted by atomic mass is 32.2. The fraction of sp³-hybridized carbons (Fsp3) is 0.0625. The molecule has 0 unspecified atom stereocenters. The smallest absolute Gasteiger partial charge is 0.339 e. The molecule has 9 heteroatoms. The topological polar surface area (TPSA) is 109 Å². The molecule has 126 valence electrons. The van der Waals surface area contributed by atoms with Gasteiger partial charge in [-0.2, -0.15) is 0 Å². The predicted molar refractivity (Wildman–Crippen MR) is 86.9 cm³/mol. The molecule has 1 aliphatic heterocycles. The van der Waals surface area contributed by atoms with E-state index in [0.29, 0.717) is 22.3 Å². The van der Waals surface area contributed by atoms with Crippen molar-refractivity contribution in [1.29, 1.82) is 0 Å². The molecule has 0 N–H and O–H groups in total. The summed E-state index contributed by atoms with van der Waals surface area (Å²) in [5, 5.41) is 0. The summed E-state index contributed by atoms with van der Waals surface area (Å²) in [7, 11) is -4.08. The van der Waals surface area contributed by atoms with Crippen molar-refractivity contribution in [2.45, 2.75) is 4.90 Å². The SMILES string of the molecule is [N-]=[N+]=NS(=O)(=O)c1ccc(C2=C(c3ccc(F)cc3)C(=O)OC2)cc1. The number of sulfonamides is 1. The highest BCUT2D eigenvalue weighted by molar-refractivity contribution is 7.90. The molecule has 1 aliphatic rings. The summed E-state index contributed by atoms with van der Waals surface area (Å²) < 4.78 is 44.3. The number of carbonyl (C=O) groups excluding carboxylic acids is 1. The number of hydrogen-bond acceptors (Lipinski definition) is 4. The summed E-state index contributed by atoms with van der Waals surface area (Å²) in [6.45, 7) is 0.0218. The molecule has 25 heavy (non-hydrogen) atoms. The van der Waals surface area contributed by atoms with Crippen LogP contribution in [-0.2, 0) is 19.6 Å². The van der Waals surface area contributed by atoms with E-state index in [-0.39, 0.29) is 11.5 Å². The van der Waals surface area contributed by atoms with Gasteiger partial charge in [-0.15, -0.1) is 0 Å². The average molecular weight is 359 g/mol. The van der Waals surface area contributed by atoms with Crippen molar-refractivity contribution in [3.63, 3.8) is 0 Å². The van der Waals surface area contributed by atoms with Crippen LogP contribution in [0.2, 0.25) is 0 Å². The van der Waals surface area contributed by atoms with Crippen LogP contribution >= 0.6 is 0 Å². The molecule has 0 spiro atoms. The fourth-order valence-corrected chi connectivity index (χ4v) is 3.14. The second-order valence-corrected chi connectivity index (χ2v) is 6.69. The zero-order chi connectivity index (χ0) is 18.0. The normalized spacial score (nSPS) is 14.2. The molecule has 0 atom stereocenters. The van der Waals surface area contributed by atoms with Crippen molar-refractivity contribution in [3.05, 3.63) is 75.9 Å². The minimum atomic E-state index is -4.08. The Morgan fingerprint density at radius 3 is 2.24 bits per heavy atom. The number of cyclic esters (lactones) is 1. The molecular formula is C16H10FN3O4S. The van der Waals surface area contributed by atoms with Crippen molar-refractivity contribution in [1.82, 2.24) is 0 Å². The average Bonchev–Trinajstić information content (AvgIpc) is 2.97. The first-order chi connectivity index (χ1) is 11.9. The van der Waals surface area contributed by atoms with Crippen molar-refractivity contribution < 1.29 is 22.3 Å². The van der Waals surface area contributed by atoms with Gasteiger partial charge in [-0.25, -0.2) is 17.6 Å². The predicted octanol–water partition coefficient (Wildman–Crippen LogP) is 3.29. The van der Waals surface area contributed by atoms with Gasteiger partial charge >= 0.3 is 5.97 Å². The highest BCUT2D eigenvalue weighted by Crippen LogP contribution is 2.33. The quantitative estimate of drug-likeness (QED) is 0.361. The minimum Gasteiger partial charge on any atom is -0.457 e. The number of azide groups is 1. The van der Waals surface area contributed by atoms with Crippen LogP contribution in [0.1, 0.15) is 11.1 Å². The molecule has 7 nitrogen and oxygen atoms in total. The van der Waals surface area contributed by atoms with E-state index in [1.807, 2.05) is 0 Å². The van der Waals surface area contributed by atoms with Crippen LogP contribution in [0.3, 0.4) is 0 Å². The van der Waals surface area contributed by atoms with Gasteiger partial charge < -0.3 is 4.74 Å². The van der Waals surface area contributed by atoms with Crippen molar-refractivity contribution in [2.24, 2.45) is 4.52 Å². The van der Waals surface area contributed by atoms with Gasteiger partial charge in [0.15, 0.2) is 0 Å². The van der Waals surface area contributed by atoms with Crippen LogP contribution in [0.4, 0.5) is 4.39 Å². The van der Waals surface area contributed by atoms with Crippen LogP contribution in [-0.4, -0.2) is 21.0 Å². The summed E-state index contributed by atoms with van der Waals surface area (Å²) in [5.74, 6) is -0.961. The molecule has 0 saturated heterocycles. The second kappa shape index (κ2) is 6.39. The molecule has 0 amide bonds. The van der Waals surface area contributed by atoms with Crippen LogP contribution in [0.25, 0.3) is 21.6 Å². The Hall–Kier alpha value is -3.16. The molecule has 1 heterocycles. The number of hydrogen-bond donors (Lipinski definition) is 0. The molecule has 2 aromatic rings. The summed E-state index contributed by atoms with van der Waals surface area (Å²) >= 11 is 0. The molecule has 0 fully saturated rings. The fourth-order valence-electron chi connectivity index (χ4n) is 2.46. The Bertz CT molecular complexity index is 1020. The van der Waals surface area contributed by atoms with E-state index >= 15 is 0 Å². The molecule has 0 aromatic heterocycles. The van der Waals surface area contributed by atoms with Gasteiger partial charge in [-0.05, 0) is 40.9 Å². The first kappa shape index (κ1) is 16.7. The Morgan fingerprint density at radius 2 is 1.64 bits per heavy atom. The lowest BCUT2D eigenvalue weighted by atomic mass is 9.97. The van der Waals surface area contributed by atoms with Crippen molar-refractivity contribution in [3.8, 4) is 0 Å². The van der Waals surface area contributed by atoms with Crippen LogP contribution in [0.5, 0.6) is 0 Å². The molecule has 3 rings (SSSR count). The summed E-state index contributed by atoms with van der Waals surface area (Å²) in [6.07, 6.45) is 0. The van der Waals surface area contributed by atoms with E-state index in [4.69, 9.17) is 10.3 Å². The number of rotatable bonds is 4. The van der Waals surface area contributed by atoms with E-state index in [9.17, 15) is 17.6 Å². The number of halogens is 1. The maximum absolute atomic E-state index is 13.1. The number of benzene rings is 2. The Kier molecular flexibility index (Phi) is 4.26. The molecule has 0 bridgehead atoms. The van der Waals surface area contributed by atoms with Gasteiger partial charge in [0.1, 0.15) is 12.4 Å². The summed E-state index contributed by atoms with van der Waals surface area (Å²) in [5.41, 5.74) is 10.2. The van der Waals surface area contributed by atoms with E-state index in [1.54, 1.807) is 0 Å². The Labute approximate surface area is 142 Å². The van der Waals surface area contributed by atoms with Crippen molar-refractivity contribution >= 4 is 27.1 Å².